The van der Waals surface area contributed by atoms with E-state index in [0.29, 0.717) is 0 Å². The molecular formula is C16H14N2S. The largest absolute Gasteiger partial charge is 0.355 e. The number of para-hydroxylation sites is 2. The van der Waals surface area contributed by atoms with Gasteiger partial charge >= 0.3 is 0 Å². The van der Waals surface area contributed by atoms with Crippen LogP contribution in [0.5, 0.6) is 0 Å². The molecule has 0 saturated carbocycles. The molecule has 0 spiro atoms. The van der Waals surface area contributed by atoms with Crippen molar-refractivity contribution >= 4 is 38.5 Å². The van der Waals surface area contributed by atoms with Crippen molar-refractivity contribution in [1.82, 2.24) is 0 Å². The van der Waals surface area contributed by atoms with Crippen molar-refractivity contribution in [2.75, 3.05) is 23.5 Å². The van der Waals surface area contributed by atoms with Gasteiger partial charge < -0.3 is 9.80 Å². The van der Waals surface area contributed by atoms with Crippen LogP contribution in [-0.2, 0) is 0 Å². The van der Waals surface area contributed by atoms with Gasteiger partial charge in [-0.3, -0.25) is 0 Å². The summed E-state index contributed by atoms with van der Waals surface area (Å²) >= 11 is 1.82. The van der Waals surface area contributed by atoms with Gasteiger partial charge in [0.2, 0.25) is 0 Å². The fraction of sp³-hybridized carbons (Fsp3) is 0.125. The standard InChI is InChI=1S/C16H14N2S/c1-17-11-18(14-8-4-3-7-13(14)17)15-10-19-16-9-5-2-6-12(15)16/h2-10H,11H2,1H3. The SMILES string of the molecule is CN1CN(c2csc3ccccc23)c2ccccc21. The molecule has 3 heteroatoms. The van der Waals surface area contributed by atoms with Gasteiger partial charge in [0.25, 0.3) is 0 Å². The molecule has 0 N–H and O–H groups in total. The summed E-state index contributed by atoms with van der Waals surface area (Å²) in [4.78, 5) is 4.69. The third-order valence-corrected chi connectivity index (χ3v) is 4.64. The molecule has 0 unspecified atom stereocenters. The maximum absolute atomic E-state index is 2.40. The maximum atomic E-state index is 2.40. The summed E-state index contributed by atoms with van der Waals surface area (Å²) < 4.78 is 1.35. The molecule has 1 aliphatic rings. The van der Waals surface area contributed by atoms with E-state index in [2.05, 4.69) is 70.8 Å². The molecule has 0 bridgehead atoms. The molecule has 0 aliphatic carbocycles. The Morgan fingerprint density at radius 3 is 2.53 bits per heavy atom. The first-order valence-electron chi connectivity index (χ1n) is 6.38. The lowest BCUT2D eigenvalue weighted by Crippen LogP contribution is -2.23. The molecule has 0 atom stereocenters. The number of nitrogens with zero attached hydrogens (tertiary/aromatic N) is 2. The first-order valence-corrected chi connectivity index (χ1v) is 7.26. The van der Waals surface area contributed by atoms with Crippen LogP contribution in [0.3, 0.4) is 0 Å². The number of hydrogen-bond acceptors (Lipinski definition) is 3. The van der Waals surface area contributed by atoms with Gasteiger partial charge in [0, 0.05) is 22.5 Å². The molecule has 19 heavy (non-hydrogen) atoms. The van der Waals surface area contributed by atoms with Gasteiger partial charge in [-0.05, 0) is 18.2 Å². The van der Waals surface area contributed by atoms with Crippen LogP contribution in [0.2, 0.25) is 0 Å². The van der Waals surface area contributed by atoms with Crippen molar-refractivity contribution in [2.24, 2.45) is 0 Å². The Bertz CT molecular complexity index is 747. The monoisotopic (exact) mass is 266 g/mol. The zero-order chi connectivity index (χ0) is 12.8. The van der Waals surface area contributed by atoms with Crippen LogP contribution in [0.1, 0.15) is 0 Å². The van der Waals surface area contributed by atoms with Crippen molar-refractivity contribution < 1.29 is 0 Å². The molecule has 0 saturated heterocycles. The lowest BCUT2D eigenvalue weighted by molar-refractivity contribution is 0.954. The first kappa shape index (κ1) is 10.9. The normalized spacial score (nSPS) is 14.2. The van der Waals surface area contributed by atoms with Crippen LogP contribution in [-0.4, -0.2) is 13.7 Å². The van der Waals surface area contributed by atoms with Gasteiger partial charge in [0.05, 0.1) is 23.7 Å². The minimum absolute atomic E-state index is 0.917. The van der Waals surface area contributed by atoms with E-state index in [1.54, 1.807) is 0 Å². The lowest BCUT2D eigenvalue weighted by Gasteiger charge is -2.18. The van der Waals surface area contributed by atoms with Gasteiger partial charge in [-0.25, -0.2) is 0 Å². The van der Waals surface area contributed by atoms with Gasteiger partial charge in [0.1, 0.15) is 0 Å². The summed E-state index contributed by atoms with van der Waals surface area (Å²) in [6.45, 7) is 0.917. The highest BCUT2D eigenvalue weighted by Gasteiger charge is 2.25. The van der Waals surface area contributed by atoms with E-state index >= 15 is 0 Å². The van der Waals surface area contributed by atoms with E-state index in [1.807, 2.05) is 11.3 Å². The average molecular weight is 266 g/mol. The number of benzene rings is 2. The smallest absolute Gasteiger partial charge is 0.0950 e. The van der Waals surface area contributed by atoms with Gasteiger partial charge in [-0.15, -0.1) is 11.3 Å². The minimum Gasteiger partial charge on any atom is -0.355 e. The molecule has 1 aliphatic heterocycles. The van der Waals surface area contributed by atoms with Crippen LogP contribution >= 0.6 is 11.3 Å². The van der Waals surface area contributed by atoms with Gasteiger partial charge in [-0.1, -0.05) is 30.3 Å². The predicted molar refractivity (Wildman–Crippen MR) is 83.7 cm³/mol. The lowest BCUT2D eigenvalue weighted by atomic mass is 10.2. The Hall–Kier alpha value is -2.00. The van der Waals surface area contributed by atoms with Crippen LogP contribution in [0, 0.1) is 0 Å². The number of thiophene rings is 1. The summed E-state index contributed by atoms with van der Waals surface area (Å²) in [5, 5.41) is 3.61. The Morgan fingerprint density at radius 2 is 1.63 bits per heavy atom. The number of anilines is 3. The summed E-state index contributed by atoms with van der Waals surface area (Å²) in [5.41, 5.74) is 3.92. The summed E-state index contributed by atoms with van der Waals surface area (Å²) in [5.74, 6) is 0. The highest BCUT2D eigenvalue weighted by molar-refractivity contribution is 7.17. The minimum atomic E-state index is 0.917. The van der Waals surface area contributed by atoms with Crippen LogP contribution in [0.4, 0.5) is 17.1 Å². The molecule has 0 amide bonds. The molecule has 2 aromatic carbocycles. The second kappa shape index (κ2) is 4.00. The van der Waals surface area contributed by atoms with Crippen molar-refractivity contribution in [2.45, 2.75) is 0 Å². The van der Waals surface area contributed by atoms with Gasteiger partial charge in [0.15, 0.2) is 0 Å². The number of hydrogen-bond donors (Lipinski definition) is 0. The van der Waals surface area contributed by atoms with Crippen molar-refractivity contribution in [3.05, 3.63) is 53.9 Å². The Kier molecular flexibility index (Phi) is 2.29. The zero-order valence-electron chi connectivity index (χ0n) is 10.7. The molecule has 0 fully saturated rings. The van der Waals surface area contributed by atoms with Crippen molar-refractivity contribution in [3.63, 3.8) is 0 Å². The van der Waals surface area contributed by atoms with E-state index < -0.39 is 0 Å². The average Bonchev–Trinajstić information content (AvgIpc) is 3.01. The number of rotatable bonds is 1. The topological polar surface area (TPSA) is 6.48 Å². The first-order chi connectivity index (χ1) is 9.34. The molecule has 0 radical (unpaired) electrons. The van der Waals surface area contributed by atoms with E-state index in [-0.39, 0.29) is 0 Å². The van der Waals surface area contributed by atoms with Gasteiger partial charge in [-0.2, -0.15) is 0 Å². The Morgan fingerprint density at radius 1 is 0.895 bits per heavy atom. The third-order valence-electron chi connectivity index (χ3n) is 3.69. The van der Waals surface area contributed by atoms with E-state index in [9.17, 15) is 0 Å². The van der Waals surface area contributed by atoms with Crippen LogP contribution in [0.15, 0.2) is 53.9 Å². The predicted octanol–water partition coefficient (Wildman–Crippen LogP) is 4.45. The summed E-state index contributed by atoms with van der Waals surface area (Å²) in [7, 11) is 2.15. The number of fused-ring (bicyclic) bond motifs is 2. The van der Waals surface area contributed by atoms with Crippen LogP contribution in [0.25, 0.3) is 10.1 Å². The molecule has 2 heterocycles. The van der Waals surface area contributed by atoms with Crippen LogP contribution < -0.4 is 9.80 Å². The van der Waals surface area contributed by atoms with E-state index in [0.717, 1.165) is 6.67 Å². The Labute approximate surface area is 116 Å². The van der Waals surface area contributed by atoms with E-state index in [1.165, 1.54) is 27.1 Å². The highest BCUT2D eigenvalue weighted by atomic mass is 32.1. The zero-order valence-corrected chi connectivity index (χ0v) is 11.5. The fourth-order valence-corrected chi connectivity index (χ4v) is 3.71. The molecule has 94 valence electrons. The molecule has 2 nitrogen and oxygen atoms in total. The molecule has 4 rings (SSSR count). The fourth-order valence-electron chi connectivity index (χ4n) is 2.76. The maximum Gasteiger partial charge on any atom is 0.0950 e. The quantitative estimate of drug-likeness (QED) is 0.642. The third kappa shape index (κ3) is 1.55. The van der Waals surface area contributed by atoms with Crippen molar-refractivity contribution in [1.29, 1.82) is 0 Å². The second-order valence-corrected chi connectivity index (χ2v) is 5.78. The molecular weight excluding hydrogens is 252 g/mol. The summed E-state index contributed by atoms with van der Waals surface area (Å²) in [6.07, 6.45) is 0. The van der Waals surface area contributed by atoms with E-state index in [4.69, 9.17) is 0 Å². The second-order valence-electron chi connectivity index (χ2n) is 4.87. The molecule has 3 aromatic rings. The Balaban J connectivity index is 1.90. The summed E-state index contributed by atoms with van der Waals surface area (Å²) in [6, 6.07) is 17.2. The molecule has 1 aromatic heterocycles. The van der Waals surface area contributed by atoms with Crippen molar-refractivity contribution in [3.8, 4) is 0 Å². The highest BCUT2D eigenvalue weighted by Crippen LogP contribution is 2.43.